The van der Waals surface area contributed by atoms with E-state index in [-0.39, 0.29) is 47.6 Å². The number of phenolic OH excluding ortho intramolecular Hbond substituents is 4. The molecule has 0 spiro atoms. The van der Waals surface area contributed by atoms with E-state index in [1.807, 2.05) is 30.3 Å². The van der Waals surface area contributed by atoms with Gasteiger partial charge in [-0.15, -0.1) is 0 Å². The number of ketones is 1. The zero-order chi connectivity index (χ0) is 22.2. The van der Waals surface area contributed by atoms with Crippen molar-refractivity contribution in [3.8, 4) is 28.7 Å². The van der Waals surface area contributed by atoms with Crippen molar-refractivity contribution in [2.45, 2.75) is 31.7 Å². The number of benzene rings is 3. The van der Waals surface area contributed by atoms with Crippen molar-refractivity contribution in [1.82, 2.24) is 0 Å². The van der Waals surface area contributed by atoms with Gasteiger partial charge in [-0.1, -0.05) is 36.4 Å². The Morgan fingerprint density at radius 2 is 1.74 bits per heavy atom. The molecule has 1 heterocycles. The van der Waals surface area contributed by atoms with Gasteiger partial charge >= 0.3 is 0 Å². The Hall–Kier alpha value is -3.71. The molecule has 0 aliphatic carbocycles. The molecule has 160 valence electrons. The number of phenols is 4. The molecule has 1 aliphatic heterocycles. The molecule has 0 amide bonds. The lowest BCUT2D eigenvalue weighted by molar-refractivity contribution is -0.165. The fourth-order valence-electron chi connectivity index (χ4n) is 3.84. The van der Waals surface area contributed by atoms with Gasteiger partial charge in [0.25, 0.3) is 0 Å². The number of rotatable bonds is 5. The molecule has 4 N–H and O–H groups in total. The third kappa shape index (κ3) is 3.75. The second kappa shape index (κ2) is 7.85. The van der Waals surface area contributed by atoms with E-state index in [9.17, 15) is 25.2 Å². The van der Waals surface area contributed by atoms with Crippen molar-refractivity contribution < 1.29 is 34.7 Å². The predicted molar refractivity (Wildman–Crippen MR) is 111 cm³/mol. The Labute approximate surface area is 178 Å². The van der Waals surface area contributed by atoms with E-state index < -0.39 is 11.7 Å². The fraction of sp³-hybridized carbons (Fsp3) is 0.208. The molecule has 3 aromatic rings. The quantitative estimate of drug-likeness (QED) is 0.463. The molecule has 2 unspecified atom stereocenters. The normalized spacial score (nSPS) is 20.0. The van der Waals surface area contributed by atoms with E-state index in [4.69, 9.17) is 9.47 Å². The van der Waals surface area contributed by atoms with E-state index in [1.165, 1.54) is 37.3 Å². The minimum absolute atomic E-state index is 0.0110. The highest BCUT2D eigenvalue weighted by atomic mass is 16.6. The smallest absolute Gasteiger partial charge is 0.171 e. The summed E-state index contributed by atoms with van der Waals surface area (Å²) < 4.78 is 12.3. The summed E-state index contributed by atoms with van der Waals surface area (Å²) in [5.41, 5.74) is 0.0456. The topological polar surface area (TPSA) is 116 Å². The number of fused-ring (bicyclic) bond motifs is 1. The number of ether oxygens (including phenoxy) is 2. The summed E-state index contributed by atoms with van der Waals surface area (Å²) in [6, 6.07) is 16.0. The molecule has 0 saturated heterocycles. The Bertz CT molecular complexity index is 1130. The van der Waals surface area contributed by atoms with Crippen LogP contribution >= 0.6 is 0 Å². The standard InChI is InChI=1S/C24H22O7/c1-14(25)24(30-13-15-5-3-2-4-6-15)12-18-20(28)10-17(26)11-22(18)31-23(24)16-7-8-19(27)21(29)9-16/h2-11,23,26-29H,12-13H2,1H3. The number of hydrogen-bond donors (Lipinski definition) is 4. The average molecular weight is 422 g/mol. The van der Waals surface area contributed by atoms with Gasteiger partial charge in [-0.05, 0) is 30.2 Å². The monoisotopic (exact) mass is 422 g/mol. The average Bonchev–Trinajstić information content (AvgIpc) is 2.74. The van der Waals surface area contributed by atoms with Gasteiger partial charge in [0.2, 0.25) is 0 Å². The minimum atomic E-state index is -1.53. The third-order valence-electron chi connectivity index (χ3n) is 5.52. The van der Waals surface area contributed by atoms with Crippen LogP contribution in [-0.4, -0.2) is 31.8 Å². The van der Waals surface area contributed by atoms with Crippen LogP contribution in [0.2, 0.25) is 0 Å². The van der Waals surface area contributed by atoms with Crippen LogP contribution in [0.3, 0.4) is 0 Å². The molecule has 0 fully saturated rings. The van der Waals surface area contributed by atoms with Gasteiger partial charge in [0.15, 0.2) is 29.0 Å². The molecule has 4 rings (SSSR count). The van der Waals surface area contributed by atoms with Crippen LogP contribution in [0, 0.1) is 0 Å². The predicted octanol–water partition coefficient (Wildman–Crippen LogP) is 3.73. The van der Waals surface area contributed by atoms with Crippen molar-refractivity contribution in [2.24, 2.45) is 0 Å². The summed E-state index contributed by atoms with van der Waals surface area (Å²) in [4.78, 5) is 13.0. The summed E-state index contributed by atoms with van der Waals surface area (Å²) in [6.45, 7) is 1.49. The summed E-state index contributed by atoms with van der Waals surface area (Å²) in [7, 11) is 0. The van der Waals surface area contributed by atoms with Crippen molar-refractivity contribution in [3.05, 3.63) is 77.4 Å². The van der Waals surface area contributed by atoms with Gasteiger partial charge in [0, 0.05) is 24.1 Å². The Kier molecular flexibility index (Phi) is 5.20. The first-order chi connectivity index (χ1) is 14.8. The van der Waals surface area contributed by atoms with E-state index >= 15 is 0 Å². The lowest BCUT2D eigenvalue weighted by Gasteiger charge is -2.43. The van der Waals surface area contributed by atoms with Gasteiger partial charge in [-0.3, -0.25) is 4.79 Å². The highest BCUT2D eigenvalue weighted by Gasteiger charge is 2.51. The summed E-state index contributed by atoms with van der Waals surface area (Å²) in [6.07, 6.45) is -1.02. The molecule has 0 saturated carbocycles. The number of carbonyl (C=O) groups is 1. The molecule has 7 heteroatoms. The van der Waals surface area contributed by atoms with Crippen molar-refractivity contribution in [3.63, 3.8) is 0 Å². The summed E-state index contributed by atoms with van der Waals surface area (Å²) in [5.74, 6) is -1.21. The number of carbonyl (C=O) groups excluding carboxylic acids is 1. The maximum atomic E-state index is 13.0. The zero-order valence-electron chi connectivity index (χ0n) is 16.8. The second-order valence-electron chi connectivity index (χ2n) is 7.58. The van der Waals surface area contributed by atoms with Crippen LogP contribution in [0.15, 0.2) is 60.7 Å². The molecule has 2 atom stereocenters. The van der Waals surface area contributed by atoms with E-state index in [1.54, 1.807) is 0 Å². The third-order valence-corrected chi connectivity index (χ3v) is 5.52. The van der Waals surface area contributed by atoms with Gasteiger partial charge in [-0.2, -0.15) is 0 Å². The molecule has 0 aromatic heterocycles. The first-order valence-corrected chi connectivity index (χ1v) is 9.72. The van der Waals surface area contributed by atoms with Crippen LogP contribution in [-0.2, 0) is 22.6 Å². The highest BCUT2D eigenvalue weighted by molar-refractivity contribution is 5.87. The highest BCUT2D eigenvalue weighted by Crippen LogP contribution is 2.49. The summed E-state index contributed by atoms with van der Waals surface area (Å²) in [5, 5.41) is 40.0. The van der Waals surface area contributed by atoms with Gasteiger partial charge < -0.3 is 29.9 Å². The first kappa shape index (κ1) is 20.6. The van der Waals surface area contributed by atoms with Crippen LogP contribution in [0.4, 0.5) is 0 Å². The minimum Gasteiger partial charge on any atom is -0.508 e. The molecule has 0 bridgehead atoms. The molecule has 31 heavy (non-hydrogen) atoms. The van der Waals surface area contributed by atoms with Crippen LogP contribution < -0.4 is 4.74 Å². The molecule has 7 nitrogen and oxygen atoms in total. The molecular weight excluding hydrogens is 400 g/mol. The number of aromatic hydroxyl groups is 4. The van der Waals surface area contributed by atoms with Crippen molar-refractivity contribution in [2.75, 3.05) is 0 Å². The van der Waals surface area contributed by atoms with Crippen molar-refractivity contribution >= 4 is 5.78 Å². The first-order valence-electron chi connectivity index (χ1n) is 9.72. The lowest BCUT2D eigenvalue weighted by Crippen LogP contribution is -2.52. The van der Waals surface area contributed by atoms with Gasteiger partial charge in [0.1, 0.15) is 17.2 Å². The second-order valence-corrected chi connectivity index (χ2v) is 7.58. The molecular formula is C24H22O7. The van der Waals surface area contributed by atoms with Gasteiger partial charge in [-0.25, -0.2) is 0 Å². The van der Waals surface area contributed by atoms with Crippen molar-refractivity contribution in [1.29, 1.82) is 0 Å². The molecule has 0 radical (unpaired) electrons. The number of hydrogen-bond acceptors (Lipinski definition) is 7. The molecule has 3 aromatic carbocycles. The van der Waals surface area contributed by atoms with E-state index in [0.29, 0.717) is 11.1 Å². The summed E-state index contributed by atoms with van der Waals surface area (Å²) >= 11 is 0. The molecule has 1 aliphatic rings. The van der Waals surface area contributed by atoms with Crippen LogP contribution in [0.25, 0.3) is 0 Å². The lowest BCUT2D eigenvalue weighted by atomic mass is 9.79. The van der Waals surface area contributed by atoms with E-state index in [2.05, 4.69) is 0 Å². The van der Waals surface area contributed by atoms with Gasteiger partial charge in [0.05, 0.1) is 6.61 Å². The van der Waals surface area contributed by atoms with E-state index in [0.717, 1.165) is 5.56 Å². The zero-order valence-corrected chi connectivity index (χ0v) is 16.8. The maximum Gasteiger partial charge on any atom is 0.171 e. The Balaban J connectivity index is 1.84. The largest absolute Gasteiger partial charge is 0.508 e. The Morgan fingerprint density at radius 3 is 2.42 bits per heavy atom. The SMILES string of the molecule is CC(=O)C1(OCc2ccccc2)Cc2c(O)cc(O)cc2OC1c1ccc(O)c(O)c1. The van der Waals surface area contributed by atoms with Crippen LogP contribution in [0.1, 0.15) is 29.7 Å². The fourth-order valence-corrected chi connectivity index (χ4v) is 3.84. The number of Topliss-reactive ketones (excluding diaryl/α,β-unsaturated/α-hetero) is 1. The Morgan fingerprint density at radius 1 is 1.00 bits per heavy atom. The van der Waals surface area contributed by atoms with Crippen LogP contribution in [0.5, 0.6) is 28.7 Å². The maximum absolute atomic E-state index is 13.0.